The van der Waals surface area contributed by atoms with Crippen molar-refractivity contribution in [3.63, 3.8) is 0 Å². The van der Waals surface area contributed by atoms with Gasteiger partial charge >= 0.3 is 5.97 Å². The average Bonchev–Trinajstić information content (AvgIpc) is 3.37. The number of esters is 1. The molecule has 0 rings (SSSR count). The van der Waals surface area contributed by atoms with Crippen LogP contribution in [0, 0.1) is 0 Å². The van der Waals surface area contributed by atoms with E-state index in [0.717, 1.165) is 38.5 Å². The van der Waals surface area contributed by atoms with Crippen molar-refractivity contribution < 1.29 is 24.5 Å². The molecule has 0 fully saturated rings. The number of nitrogens with one attached hydrogen (secondary N) is 1. The van der Waals surface area contributed by atoms with Crippen molar-refractivity contribution >= 4 is 11.9 Å². The molecule has 424 valence electrons. The van der Waals surface area contributed by atoms with Gasteiger partial charge in [-0.25, -0.2) is 0 Å². The molecule has 0 saturated carbocycles. The van der Waals surface area contributed by atoms with Gasteiger partial charge in [0.25, 0.3) is 0 Å². The van der Waals surface area contributed by atoms with Crippen LogP contribution >= 0.6 is 0 Å². The van der Waals surface area contributed by atoms with Crippen molar-refractivity contribution in [1.29, 1.82) is 0 Å². The Morgan fingerprint density at radius 3 is 0.859 bits per heavy atom. The van der Waals surface area contributed by atoms with Gasteiger partial charge in [0, 0.05) is 12.8 Å². The van der Waals surface area contributed by atoms with Crippen LogP contribution in [-0.2, 0) is 14.3 Å². The van der Waals surface area contributed by atoms with E-state index >= 15 is 0 Å². The van der Waals surface area contributed by atoms with E-state index < -0.39 is 12.1 Å². The molecule has 0 spiro atoms. The Kier molecular flexibility index (Phi) is 60.4. The van der Waals surface area contributed by atoms with E-state index in [0.29, 0.717) is 25.9 Å². The maximum atomic E-state index is 12.5. The fourth-order valence-electron chi connectivity index (χ4n) is 10.6. The van der Waals surface area contributed by atoms with Crippen LogP contribution < -0.4 is 5.32 Å². The summed E-state index contributed by atoms with van der Waals surface area (Å²) >= 11 is 0. The standard InChI is InChI=1S/C65H129NO5/c1-3-5-7-9-11-13-15-17-18-19-20-21-22-23-24-25-26-28-31-34-37-41-45-49-53-57-63(68)62(61-67)66-64(69)58-54-50-46-42-38-35-32-29-27-30-33-36-40-44-48-52-56-60-71-65(70)59-55-51-47-43-39-16-14-12-10-8-6-4-2/h62-63,67-68H,3-61H2,1-2H3,(H,66,69). The van der Waals surface area contributed by atoms with E-state index in [-0.39, 0.29) is 18.5 Å². The number of amides is 1. The van der Waals surface area contributed by atoms with Crippen LogP contribution in [0.15, 0.2) is 0 Å². The third-order valence-corrected chi connectivity index (χ3v) is 15.7. The number of unbranched alkanes of at least 4 members (excludes halogenated alkanes) is 51. The minimum atomic E-state index is -0.668. The maximum Gasteiger partial charge on any atom is 0.305 e. The van der Waals surface area contributed by atoms with Crippen LogP contribution in [0.5, 0.6) is 0 Å². The molecule has 2 atom stereocenters. The van der Waals surface area contributed by atoms with E-state index in [4.69, 9.17) is 4.74 Å². The Morgan fingerprint density at radius 2 is 0.577 bits per heavy atom. The van der Waals surface area contributed by atoms with E-state index in [9.17, 15) is 19.8 Å². The summed E-state index contributed by atoms with van der Waals surface area (Å²) in [5.41, 5.74) is 0. The zero-order valence-electron chi connectivity index (χ0n) is 48.5. The van der Waals surface area contributed by atoms with Crippen molar-refractivity contribution in [3.8, 4) is 0 Å². The van der Waals surface area contributed by atoms with Crippen molar-refractivity contribution in [3.05, 3.63) is 0 Å². The van der Waals surface area contributed by atoms with Crippen molar-refractivity contribution in [1.82, 2.24) is 5.32 Å². The van der Waals surface area contributed by atoms with Gasteiger partial charge in [-0.15, -0.1) is 0 Å². The lowest BCUT2D eigenvalue weighted by Crippen LogP contribution is -2.45. The molecule has 71 heavy (non-hydrogen) atoms. The second kappa shape index (κ2) is 61.4. The zero-order valence-corrected chi connectivity index (χ0v) is 48.5. The van der Waals surface area contributed by atoms with Gasteiger partial charge in [-0.05, 0) is 25.7 Å². The molecule has 0 aliphatic rings. The molecule has 0 heterocycles. The van der Waals surface area contributed by atoms with Crippen molar-refractivity contribution in [2.24, 2.45) is 0 Å². The highest BCUT2D eigenvalue weighted by atomic mass is 16.5. The number of carbonyl (C=O) groups excluding carboxylic acids is 2. The number of ether oxygens (including phenoxy) is 1. The number of hydrogen-bond donors (Lipinski definition) is 3. The highest BCUT2D eigenvalue weighted by Crippen LogP contribution is 2.19. The van der Waals surface area contributed by atoms with Crippen LogP contribution in [0.25, 0.3) is 0 Å². The van der Waals surface area contributed by atoms with E-state index in [1.165, 1.54) is 308 Å². The monoisotopic (exact) mass is 1000 g/mol. The van der Waals surface area contributed by atoms with E-state index in [2.05, 4.69) is 19.2 Å². The minimum absolute atomic E-state index is 0.00767. The molecular formula is C65H129NO5. The lowest BCUT2D eigenvalue weighted by Gasteiger charge is -2.22. The average molecular weight is 1000 g/mol. The quantitative estimate of drug-likeness (QED) is 0.0417. The Balaban J connectivity index is 3.40. The minimum Gasteiger partial charge on any atom is -0.466 e. The topological polar surface area (TPSA) is 95.9 Å². The Bertz CT molecular complexity index is 1020. The number of aliphatic hydroxyl groups excluding tert-OH is 2. The molecule has 0 radical (unpaired) electrons. The second-order valence-electron chi connectivity index (χ2n) is 22.8. The molecule has 3 N–H and O–H groups in total. The molecule has 0 aromatic carbocycles. The van der Waals surface area contributed by atoms with Gasteiger partial charge in [-0.2, -0.15) is 0 Å². The number of carbonyl (C=O) groups is 2. The summed E-state index contributed by atoms with van der Waals surface area (Å²) in [5, 5.41) is 23.4. The molecule has 6 nitrogen and oxygen atoms in total. The van der Waals surface area contributed by atoms with Gasteiger partial charge < -0.3 is 20.3 Å². The third kappa shape index (κ3) is 58.0. The largest absolute Gasteiger partial charge is 0.466 e. The molecule has 0 aliphatic carbocycles. The Morgan fingerprint density at radius 1 is 0.338 bits per heavy atom. The number of rotatable bonds is 62. The van der Waals surface area contributed by atoms with Crippen LogP contribution in [0.4, 0.5) is 0 Å². The predicted octanol–water partition coefficient (Wildman–Crippen LogP) is 20.6. The van der Waals surface area contributed by atoms with Gasteiger partial charge in [0.1, 0.15) is 0 Å². The maximum absolute atomic E-state index is 12.5. The third-order valence-electron chi connectivity index (χ3n) is 15.7. The molecule has 0 aliphatic heterocycles. The van der Waals surface area contributed by atoms with Gasteiger partial charge in [-0.3, -0.25) is 9.59 Å². The fraction of sp³-hybridized carbons (Fsp3) is 0.969. The first-order valence-corrected chi connectivity index (χ1v) is 32.8. The molecule has 0 aromatic heterocycles. The predicted molar refractivity (Wildman–Crippen MR) is 310 cm³/mol. The summed E-state index contributed by atoms with van der Waals surface area (Å²) in [6, 6.07) is -0.545. The van der Waals surface area contributed by atoms with Crippen LogP contribution in [0.3, 0.4) is 0 Å². The normalized spacial score (nSPS) is 12.5. The van der Waals surface area contributed by atoms with Gasteiger partial charge in [-0.1, -0.05) is 341 Å². The molecule has 0 aromatic rings. The smallest absolute Gasteiger partial charge is 0.305 e. The molecule has 1 amide bonds. The molecule has 6 heteroatoms. The fourth-order valence-corrected chi connectivity index (χ4v) is 10.6. The van der Waals surface area contributed by atoms with Crippen LogP contribution in [0.2, 0.25) is 0 Å². The summed E-state index contributed by atoms with van der Waals surface area (Å²) in [4.78, 5) is 24.6. The van der Waals surface area contributed by atoms with Crippen LogP contribution in [0.1, 0.15) is 380 Å². The SMILES string of the molecule is CCCCCCCCCCCCCCCCCCCCCCCCCCCC(O)C(CO)NC(=O)CCCCCCCCCCCCCCCCCCCOC(=O)CCCCCCCCCCCCCC. The Hall–Kier alpha value is -1.14. The molecule has 0 bridgehead atoms. The summed E-state index contributed by atoms with van der Waals surface area (Å²) in [7, 11) is 0. The first kappa shape index (κ1) is 69.9. The summed E-state index contributed by atoms with van der Waals surface area (Å²) in [5.74, 6) is -0.0271. The number of aliphatic hydroxyl groups is 2. The van der Waals surface area contributed by atoms with Crippen molar-refractivity contribution in [2.45, 2.75) is 392 Å². The summed E-state index contributed by atoms with van der Waals surface area (Å²) < 4.78 is 5.47. The summed E-state index contributed by atoms with van der Waals surface area (Å²) in [6.45, 7) is 4.98. The highest BCUT2D eigenvalue weighted by Gasteiger charge is 2.20. The van der Waals surface area contributed by atoms with Crippen LogP contribution in [-0.4, -0.2) is 47.4 Å². The lowest BCUT2D eigenvalue weighted by molar-refractivity contribution is -0.143. The Labute approximate surface area is 445 Å². The molecule has 2 unspecified atom stereocenters. The van der Waals surface area contributed by atoms with Gasteiger partial charge in [0.2, 0.25) is 5.91 Å². The van der Waals surface area contributed by atoms with E-state index in [1.807, 2.05) is 0 Å². The molecular weight excluding hydrogens is 875 g/mol. The highest BCUT2D eigenvalue weighted by molar-refractivity contribution is 5.76. The second-order valence-corrected chi connectivity index (χ2v) is 22.8. The zero-order chi connectivity index (χ0) is 51.4. The number of hydrogen-bond acceptors (Lipinski definition) is 5. The van der Waals surface area contributed by atoms with E-state index in [1.54, 1.807) is 0 Å². The first-order valence-electron chi connectivity index (χ1n) is 32.8. The van der Waals surface area contributed by atoms with Gasteiger partial charge in [0.15, 0.2) is 0 Å². The lowest BCUT2D eigenvalue weighted by atomic mass is 10.0. The van der Waals surface area contributed by atoms with Gasteiger partial charge in [0.05, 0.1) is 25.4 Å². The van der Waals surface area contributed by atoms with Crippen molar-refractivity contribution in [2.75, 3.05) is 13.2 Å². The molecule has 0 saturated heterocycles. The first-order chi connectivity index (χ1) is 35.0. The summed E-state index contributed by atoms with van der Waals surface area (Å²) in [6.07, 6.45) is 72.6.